The van der Waals surface area contributed by atoms with Gasteiger partial charge in [0.2, 0.25) is 0 Å². The van der Waals surface area contributed by atoms with Crippen LogP contribution in [-0.4, -0.2) is 11.3 Å². The first-order valence-electron chi connectivity index (χ1n) is 3.31. The monoisotopic (exact) mass is 153 g/mol. The Labute approximate surface area is 62.9 Å². The fourth-order valence-electron chi connectivity index (χ4n) is 0.921. The molecular weight excluding hydrogens is 146 g/mol. The Bertz CT molecular complexity index is 252. The van der Waals surface area contributed by atoms with Crippen molar-refractivity contribution in [1.29, 1.82) is 0 Å². The highest BCUT2D eigenvalue weighted by molar-refractivity contribution is 7.11. The smallest absolute Gasteiger partial charge is 0.178 e. The van der Waals surface area contributed by atoms with Crippen molar-refractivity contribution in [3.05, 3.63) is 16.1 Å². The number of aromatic nitrogens is 1. The van der Waals surface area contributed by atoms with E-state index in [1.807, 2.05) is 5.38 Å². The van der Waals surface area contributed by atoms with Crippen LogP contribution >= 0.6 is 11.3 Å². The molecule has 0 bridgehead atoms. The van der Waals surface area contributed by atoms with Gasteiger partial charge in [-0.15, -0.1) is 11.3 Å². The van der Waals surface area contributed by atoms with Crippen molar-refractivity contribution in [1.82, 2.24) is 4.98 Å². The average Bonchev–Trinajstić information content (AvgIpc) is 2.70. The molecule has 0 aliphatic heterocycles. The molecule has 10 heavy (non-hydrogen) atoms. The average molecular weight is 153 g/mol. The molecule has 1 saturated carbocycles. The third kappa shape index (κ3) is 0.968. The lowest BCUT2D eigenvalue weighted by molar-refractivity contribution is 0.112. The van der Waals surface area contributed by atoms with Crippen LogP contribution in [0.2, 0.25) is 0 Å². The van der Waals surface area contributed by atoms with E-state index in [4.69, 9.17) is 0 Å². The van der Waals surface area contributed by atoms with Crippen LogP contribution < -0.4 is 0 Å². The van der Waals surface area contributed by atoms with Crippen LogP contribution in [0.3, 0.4) is 0 Å². The van der Waals surface area contributed by atoms with Gasteiger partial charge in [-0.1, -0.05) is 0 Å². The molecule has 1 aromatic heterocycles. The first-order valence-corrected chi connectivity index (χ1v) is 4.18. The molecule has 0 N–H and O–H groups in total. The summed E-state index contributed by atoms with van der Waals surface area (Å²) in [7, 11) is 0. The van der Waals surface area contributed by atoms with E-state index in [9.17, 15) is 4.79 Å². The van der Waals surface area contributed by atoms with Crippen LogP contribution in [0, 0.1) is 0 Å². The molecule has 0 spiro atoms. The zero-order chi connectivity index (χ0) is 6.97. The second-order valence-corrected chi connectivity index (χ2v) is 3.39. The molecule has 0 atom stereocenters. The Morgan fingerprint density at radius 2 is 2.50 bits per heavy atom. The summed E-state index contributed by atoms with van der Waals surface area (Å²) in [6.07, 6.45) is 3.32. The van der Waals surface area contributed by atoms with E-state index >= 15 is 0 Å². The van der Waals surface area contributed by atoms with E-state index in [2.05, 4.69) is 4.98 Å². The third-order valence-corrected chi connectivity index (χ3v) is 2.42. The summed E-state index contributed by atoms with van der Waals surface area (Å²) >= 11 is 1.44. The summed E-state index contributed by atoms with van der Waals surface area (Å²) in [6.45, 7) is 0. The normalized spacial score (nSPS) is 17.2. The minimum absolute atomic E-state index is 0.613. The van der Waals surface area contributed by atoms with E-state index in [0.717, 1.165) is 12.0 Å². The number of rotatable bonds is 2. The lowest BCUT2D eigenvalue weighted by atomic mass is 10.3. The van der Waals surface area contributed by atoms with E-state index in [1.165, 1.54) is 24.2 Å². The fourth-order valence-corrected chi connectivity index (χ4v) is 1.62. The molecule has 0 radical (unpaired) electrons. The Hall–Kier alpha value is -0.700. The molecule has 0 saturated heterocycles. The molecule has 0 amide bonds. The minimum Gasteiger partial charge on any atom is -0.295 e. The number of nitrogens with zero attached hydrogens (tertiary/aromatic N) is 1. The molecule has 0 aromatic carbocycles. The van der Waals surface area contributed by atoms with Crippen molar-refractivity contribution in [2.45, 2.75) is 18.8 Å². The van der Waals surface area contributed by atoms with Crippen molar-refractivity contribution in [3.8, 4) is 0 Å². The quantitative estimate of drug-likeness (QED) is 0.607. The molecule has 3 heteroatoms. The van der Waals surface area contributed by atoms with Gasteiger partial charge in [0.15, 0.2) is 11.3 Å². The van der Waals surface area contributed by atoms with Gasteiger partial charge in [0, 0.05) is 11.3 Å². The van der Waals surface area contributed by atoms with Gasteiger partial charge in [-0.05, 0) is 12.8 Å². The Balaban J connectivity index is 2.26. The summed E-state index contributed by atoms with van der Waals surface area (Å²) in [6, 6.07) is 0. The topological polar surface area (TPSA) is 30.0 Å². The third-order valence-electron chi connectivity index (χ3n) is 1.64. The molecule has 1 aliphatic rings. The number of hydrogen-bond donors (Lipinski definition) is 0. The Kier molecular flexibility index (Phi) is 1.31. The maximum atomic E-state index is 10.2. The highest BCUT2D eigenvalue weighted by atomic mass is 32.1. The summed E-state index contributed by atoms with van der Waals surface area (Å²) in [5, 5.41) is 2.60. The standard InChI is InChI=1S/C7H7NOS/c9-3-7-8-6(4-10-7)5-1-2-5/h3-5H,1-2H2. The molecule has 1 aromatic rings. The summed E-state index contributed by atoms with van der Waals surface area (Å²) in [5.74, 6) is 0.671. The lowest BCUT2D eigenvalue weighted by Gasteiger charge is -1.82. The number of thiazole rings is 1. The van der Waals surface area contributed by atoms with Crippen molar-refractivity contribution in [2.24, 2.45) is 0 Å². The maximum Gasteiger partial charge on any atom is 0.178 e. The predicted octanol–water partition coefficient (Wildman–Crippen LogP) is 1.83. The van der Waals surface area contributed by atoms with Gasteiger partial charge in [0.1, 0.15) is 0 Å². The van der Waals surface area contributed by atoms with Crippen LogP contribution in [0.4, 0.5) is 0 Å². The van der Waals surface area contributed by atoms with Crippen LogP contribution in [-0.2, 0) is 0 Å². The fraction of sp³-hybridized carbons (Fsp3) is 0.429. The second-order valence-electron chi connectivity index (χ2n) is 2.50. The van der Waals surface area contributed by atoms with Crippen LogP contribution in [0.5, 0.6) is 0 Å². The van der Waals surface area contributed by atoms with Gasteiger partial charge in [0.05, 0.1) is 5.69 Å². The molecular formula is C7H7NOS. The largest absolute Gasteiger partial charge is 0.295 e. The van der Waals surface area contributed by atoms with Crippen molar-refractivity contribution < 1.29 is 4.79 Å². The zero-order valence-corrected chi connectivity index (χ0v) is 6.23. The lowest BCUT2D eigenvalue weighted by Crippen LogP contribution is -1.80. The van der Waals surface area contributed by atoms with Gasteiger partial charge in [0.25, 0.3) is 0 Å². The van der Waals surface area contributed by atoms with Crippen molar-refractivity contribution in [3.63, 3.8) is 0 Å². The van der Waals surface area contributed by atoms with Gasteiger partial charge >= 0.3 is 0 Å². The van der Waals surface area contributed by atoms with Crippen LogP contribution in [0.1, 0.15) is 34.3 Å². The first kappa shape index (κ1) is 6.04. The summed E-state index contributed by atoms with van der Waals surface area (Å²) in [5.41, 5.74) is 1.12. The number of carbonyl (C=O) groups is 1. The van der Waals surface area contributed by atoms with E-state index in [0.29, 0.717) is 10.9 Å². The van der Waals surface area contributed by atoms with E-state index in [1.54, 1.807) is 0 Å². The second kappa shape index (κ2) is 2.16. The van der Waals surface area contributed by atoms with Gasteiger partial charge < -0.3 is 0 Å². The number of aldehydes is 1. The maximum absolute atomic E-state index is 10.2. The predicted molar refractivity (Wildman–Crippen MR) is 39.5 cm³/mol. The minimum atomic E-state index is 0.613. The van der Waals surface area contributed by atoms with Crippen LogP contribution in [0.25, 0.3) is 0 Å². The number of carbonyl (C=O) groups excluding carboxylic acids is 1. The summed E-state index contributed by atoms with van der Waals surface area (Å²) < 4.78 is 0. The van der Waals surface area contributed by atoms with E-state index < -0.39 is 0 Å². The molecule has 1 heterocycles. The van der Waals surface area contributed by atoms with Gasteiger partial charge in [-0.25, -0.2) is 4.98 Å². The SMILES string of the molecule is O=Cc1nc(C2CC2)cs1. The molecule has 2 nitrogen and oxygen atoms in total. The van der Waals surface area contributed by atoms with Gasteiger partial charge in [-0.3, -0.25) is 4.79 Å². The molecule has 1 fully saturated rings. The number of hydrogen-bond acceptors (Lipinski definition) is 3. The highest BCUT2D eigenvalue weighted by Crippen LogP contribution is 2.39. The molecule has 1 aliphatic carbocycles. The Morgan fingerprint density at radius 3 is 3.00 bits per heavy atom. The molecule has 52 valence electrons. The van der Waals surface area contributed by atoms with E-state index in [-0.39, 0.29) is 0 Å². The summed E-state index contributed by atoms with van der Waals surface area (Å²) in [4.78, 5) is 14.4. The van der Waals surface area contributed by atoms with Crippen LogP contribution in [0.15, 0.2) is 5.38 Å². The van der Waals surface area contributed by atoms with Crippen molar-refractivity contribution >= 4 is 17.6 Å². The molecule has 2 rings (SSSR count). The van der Waals surface area contributed by atoms with Crippen molar-refractivity contribution in [2.75, 3.05) is 0 Å². The first-order chi connectivity index (χ1) is 4.90. The van der Waals surface area contributed by atoms with Gasteiger partial charge in [-0.2, -0.15) is 0 Å². The highest BCUT2D eigenvalue weighted by Gasteiger charge is 2.25. The zero-order valence-electron chi connectivity index (χ0n) is 5.41. The Morgan fingerprint density at radius 1 is 1.70 bits per heavy atom. The molecule has 0 unspecified atom stereocenters.